The summed E-state index contributed by atoms with van der Waals surface area (Å²) in [5, 5.41) is 10.7. The summed E-state index contributed by atoms with van der Waals surface area (Å²) >= 11 is 0. The van der Waals surface area contributed by atoms with E-state index in [9.17, 15) is 14.0 Å². The number of hydrogen-bond donors (Lipinski definition) is 2. The van der Waals surface area contributed by atoms with E-state index >= 15 is 0 Å². The molecule has 0 spiro atoms. The molecule has 0 heterocycles. The van der Waals surface area contributed by atoms with Gasteiger partial charge >= 0.3 is 5.97 Å². The van der Waals surface area contributed by atoms with Gasteiger partial charge in [0, 0.05) is 6.54 Å². The number of nitrogens with one attached hydrogen (secondary N) is 1. The molecular formula is C12H15FN2O3. The normalized spacial score (nSPS) is 10.4. The fourth-order valence-electron chi connectivity index (χ4n) is 1.43. The summed E-state index contributed by atoms with van der Waals surface area (Å²) < 4.78 is 12.7. The minimum Gasteiger partial charge on any atom is -0.480 e. The Labute approximate surface area is 104 Å². The highest BCUT2D eigenvalue weighted by Crippen LogP contribution is 2.05. The molecule has 1 aromatic carbocycles. The average Bonchev–Trinajstić information content (AvgIpc) is 2.29. The molecule has 2 N–H and O–H groups in total. The van der Waals surface area contributed by atoms with E-state index < -0.39 is 5.97 Å². The van der Waals surface area contributed by atoms with Crippen LogP contribution in [0.5, 0.6) is 0 Å². The quantitative estimate of drug-likeness (QED) is 0.773. The second kappa shape index (κ2) is 6.70. The fraction of sp³-hybridized carbons (Fsp3) is 0.333. The van der Waals surface area contributed by atoms with E-state index in [4.69, 9.17) is 5.11 Å². The lowest BCUT2D eigenvalue weighted by atomic mass is 10.2. The van der Waals surface area contributed by atoms with Crippen LogP contribution >= 0.6 is 0 Å². The zero-order chi connectivity index (χ0) is 13.5. The number of rotatable bonds is 6. The smallest absolute Gasteiger partial charge is 0.322 e. The Bertz CT molecular complexity index is 420. The Morgan fingerprint density at radius 3 is 2.50 bits per heavy atom. The van der Waals surface area contributed by atoms with Gasteiger partial charge in [-0.15, -0.1) is 0 Å². The van der Waals surface area contributed by atoms with Gasteiger partial charge in [-0.2, -0.15) is 0 Å². The van der Waals surface area contributed by atoms with Crippen molar-refractivity contribution in [2.24, 2.45) is 0 Å². The predicted octanol–water partition coefficient (Wildman–Crippen LogP) is 0.458. The van der Waals surface area contributed by atoms with Crippen molar-refractivity contribution in [3.8, 4) is 0 Å². The van der Waals surface area contributed by atoms with Crippen LogP contribution in [0.15, 0.2) is 24.3 Å². The fourth-order valence-corrected chi connectivity index (χ4v) is 1.43. The van der Waals surface area contributed by atoms with Gasteiger partial charge in [0.05, 0.1) is 6.54 Å². The Morgan fingerprint density at radius 2 is 1.94 bits per heavy atom. The third kappa shape index (κ3) is 5.40. The molecule has 0 aliphatic carbocycles. The van der Waals surface area contributed by atoms with Crippen LogP contribution in [0.25, 0.3) is 0 Å². The highest BCUT2D eigenvalue weighted by atomic mass is 19.1. The molecule has 18 heavy (non-hydrogen) atoms. The van der Waals surface area contributed by atoms with Gasteiger partial charge in [0.15, 0.2) is 0 Å². The third-order valence-corrected chi connectivity index (χ3v) is 2.22. The molecule has 0 aromatic heterocycles. The van der Waals surface area contributed by atoms with Gasteiger partial charge < -0.3 is 10.4 Å². The molecular weight excluding hydrogens is 239 g/mol. The summed E-state index contributed by atoms with van der Waals surface area (Å²) in [6.07, 6.45) is 0. The number of carboxylic acid groups (broad SMARTS) is 1. The van der Waals surface area contributed by atoms with Crippen LogP contribution in [-0.2, 0) is 16.1 Å². The molecule has 0 aliphatic heterocycles. The Hall–Kier alpha value is -1.95. The minimum atomic E-state index is -1.08. The van der Waals surface area contributed by atoms with Gasteiger partial charge in [-0.1, -0.05) is 12.1 Å². The van der Waals surface area contributed by atoms with Crippen molar-refractivity contribution in [2.45, 2.75) is 6.54 Å². The van der Waals surface area contributed by atoms with Gasteiger partial charge in [0.25, 0.3) is 0 Å². The lowest BCUT2D eigenvalue weighted by molar-refractivity contribution is -0.138. The van der Waals surface area contributed by atoms with Crippen LogP contribution < -0.4 is 5.32 Å². The maximum Gasteiger partial charge on any atom is 0.322 e. The van der Waals surface area contributed by atoms with Gasteiger partial charge in [0.1, 0.15) is 12.4 Å². The molecule has 1 rings (SSSR count). The third-order valence-electron chi connectivity index (χ3n) is 2.22. The SMILES string of the molecule is CN(CC(=O)NCC(=O)O)Cc1ccc(F)cc1. The number of aliphatic carboxylic acids is 1. The number of carboxylic acids is 1. The van der Waals surface area contributed by atoms with Gasteiger partial charge in [-0.25, -0.2) is 4.39 Å². The van der Waals surface area contributed by atoms with E-state index in [1.807, 2.05) is 0 Å². The van der Waals surface area contributed by atoms with Crippen LogP contribution in [0, 0.1) is 5.82 Å². The zero-order valence-electron chi connectivity index (χ0n) is 10.0. The Morgan fingerprint density at radius 1 is 1.33 bits per heavy atom. The molecule has 0 saturated heterocycles. The first kappa shape index (κ1) is 14.1. The molecule has 1 amide bonds. The molecule has 0 unspecified atom stereocenters. The number of nitrogens with zero attached hydrogens (tertiary/aromatic N) is 1. The highest BCUT2D eigenvalue weighted by molar-refractivity contribution is 5.82. The summed E-state index contributed by atoms with van der Waals surface area (Å²) in [4.78, 5) is 23.3. The highest BCUT2D eigenvalue weighted by Gasteiger charge is 2.08. The lowest BCUT2D eigenvalue weighted by Crippen LogP contribution is -2.37. The van der Waals surface area contributed by atoms with Crippen molar-refractivity contribution in [2.75, 3.05) is 20.1 Å². The molecule has 0 aliphatic rings. The molecule has 0 atom stereocenters. The predicted molar refractivity (Wildman–Crippen MR) is 63.4 cm³/mol. The molecule has 1 aromatic rings. The van der Waals surface area contributed by atoms with E-state index in [-0.39, 0.29) is 24.8 Å². The monoisotopic (exact) mass is 254 g/mol. The summed E-state index contributed by atoms with van der Waals surface area (Å²) in [7, 11) is 1.73. The summed E-state index contributed by atoms with van der Waals surface area (Å²) in [6.45, 7) is 0.189. The number of benzene rings is 1. The molecule has 6 heteroatoms. The van der Waals surface area contributed by atoms with E-state index in [1.54, 1.807) is 24.1 Å². The standard InChI is InChI=1S/C12H15FN2O3/c1-15(8-11(16)14-6-12(17)18)7-9-2-4-10(13)5-3-9/h2-5H,6-8H2,1H3,(H,14,16)(H,17,18). The molecule has 5 nitrogen and oxygen atoms in total. The number of amides is 1. The first-order chi connectivity index (χ1) is 8.47. The van der Waals surface area contributed by atoms with Crippen LogP contribution in [0.3, 0.4) is 0 Å². The maximum atomic E-state index is 12.7. The number of halogens is 1. The summed E-state index contributed by atoms with van der Waals surface area (Å²) in [5.74, 6) is -1.74. The molecule has 0 radical (unpaired) electrons. The number of likely N-dealkylation sites (N-methyl/N-ethyl adjacent to an activating group) is 1. The Kier molecular flexibility index (Phi) is 5.26. The van der Waals surface area contributed by atoms with Crippen molar-refractivity contribution in [3.05, 3.63) is 35.6 Å². The van der Waals surface area contributed by atoms with Gasteiger partial charge in [0.2, 0.25) is 5.91 Å². The second-order valence-electron chi connectivity index (χ2n) is 3.97. The van der Waals surface area contributed by atoms with Crippen LogP contribution in [0.4, 0.5) is 4.39 Å². The Balaban J connectivity index is 2.36. The van der Waals surface area contributed by atoms with Crippen LogP contribution in [0.2, 0.25) is 0 Å². The van der Waals surface area contributed by atoms with Crippen molar-refractivity contribution < 1.29 is 19.1 Å². The van der Waals surface area contributed by atoms with Gasteiger partial charge in [-0.05, 0) is 24.7 Å². The van der Waals surface area contributed by atoms with Crippen molar-refractivity contribution in [3.63, 3.8) is 0 Å². The lowest BCUT2D eigenvalue weighted by Gasteiger charge is -2.15. The van der Waals surface area contributed by atoms with E-state index in [0.29, 0.717) is 6.54 Å². The molecule has 0 bridgehead atoms. The first-order valence-corrected chi connectivity index (χ1v) is 5.39. The zero-order valence-corrected chi connectivity index (χ0v) is 10.0. The molecule has 98 valence electrons. The number of carbonyl (C=O) groups excluding carboxylic acids is 1. The largest absolute Gasteiger partial charge is 0.480 e. The van der Waals surface area contributed by atoms with Crippen molar-refractivity contribution in [1.29, 1.82) is 0 Å². The minimum absolute atomic E-state index is 0.0880. The number of carbonyl (C=O) groups is 2. The van der Waals surface area contributed by atoms with Crippen LogP contribution in [-0.4, -0.2) is 42.0 Å². The molecule has 0 fully saturated rings. The summed E-state index contributed by atoms with van der Waals surface area (Å²) in [5.41, 5.74) is 0.880. The average molecular weight is 254 g/mol. The van der Waals surface area contributed by atoms with Crippen molar-refractivity contribution >= 4 is 11.9 Å². The van der Waals surface area contributed by atoms with E-state index in [1.165, 1.54) is 12.1 Å². The van der Waals surface area contributed by atoms with E-state index in [2.05, 4.69) is 5.32 Å². The van der Waals surface area contributed by atoms with E-state index in [0.717, 1.165) is 5.56 Å². The maximum absolute atomic E-state index is 12.7. The topological polar surface area (TPSA) is 69.6 Å². The summed E-state index contributed by atoms with van der Waals surface area (Å²) in [6, 6.07) is 5.99. The molecule has 0 saturated carbocycles. The number of hydrogen-bond acceptors (Lipinski definition) is 3. The van der Waals surface area contributed by atoms with Crippen LogP contribution in [0.1, 0.15) is 5.56 Å². The second-order valence-corrected chi connectivity index (χ2v) is 3.97. The van der Waals surface area contributed by atoms with Gasteiger partial charge in [-0.3, -0.25) is 14.5 Å². The van der Waals surface area contributed by atoms with Crippen molar-refractivity contribution in [1.82, 2.24) is 10.2 Å². The first-order valence-electron chi connectivity index (χ1n) is 5.39.